The fraction of sp³-hybridized carbons (Fsp3) is 0.538. The normalized spacial score (nSPS) is 23.0. The fourth-order valence-electron chi connectivity index (χ4n) is 2.46. The Morgan fingerprint density at radius 1 is 1.50 bits per heavy atom. The predicted molar refractivity (Wildman–Crippen MR) is 68.6 cm³/mol. The molecule has 2 rings (SSSR count). The van der Waals surface area contributed by atoms with Gasteiger partial charge in [0.15, 0.2) is 5.75 Å². The van der Waals surface area contributed by atoms with E-state index in [4.69, 9.17) is 10.5 Å². The SMILES string of the molecule is Cc1ccc([N+](=O)[O-])c(OC2CCCC2CN)c1. The maximum atomic E-state index is 11.0. The minimum atomic E-state index is -0.402. The number of benzene rings is 1. The lowest BCUT2D eigenvalue weighted by molar-refractivity contribution is -0.386. The molecule has 0 radical (unpaired) electrons. The number of nitrogens with zero attached hydrogens (tertiary/aromatic N) is 1. The first-order chi connectivity index (χ1) is 8.61. The first-order valence-corrected chi connectivity index (χ1v) is 6.23. The molecule has 1 aliphatic rings. The van der Waals surface area contributed by atoms with Crippen molar-refractivity contribution in [3.05, 3.63) is 33.9 Å². The van der Waals surface area contributed by atoms with Crippen LogP contribution in [0.4, 0.5) is 5.69 Å². The molecule has 1 aromatic carbocycles. The van der Waals surface area contributed by atoms with E-state index in [2.05, 4.69) is 0 Å². The minimum absolute atomic E-state index is 0.00972. The van der Waals surface area contributed by atoms with Crippen molar-refractivity contribution in [1.82, 2.24) is 0 Å². The molecule has 0 spiro atoms. The van der Waals surface area contributed by atoms with Crippen LogP contribution in [-0.2, 0) is 0 Å². The molecular formula is C13H18N2O3. The Morgan fingerprint density at radius 3 is 2.94 bits per heavy atom. The Labute approximate surface area is 106 Å². The number of ether oxygens (including phenoxy) is 1. The highest BCUT2D eigenvalue weighted by Gasteiger charge is 2.29. The Bertz CT molecular complexity index is 448. The van der Waals surface area contributed by atoms with Gasteiger partial charge in [0.2, 0.25) is 0 Å². The van der Waals surface area contributed by atoms with Gasteiger partial charge in [0.1, 0.15) is 6.10 Å². The molecular weight excluding hydrogens is 232 g/mol. The van der Waals surface area contributed by atoms with Crippen molar-refractivity contribution in [2.75, 3.05) is 6.54 Å². The molecule has 0 bridgehead atoms. The predicted octanol–water partition coefficient (Wildman–Crippen LogP) is 2.41. The number of hydrogen-bond acceptors (Lipinski definition) is 4. The summed E-state index contributed by atoms with van der Waals surface area (Å²) >= 11 is 0. The molecule has 0 amide bonds. The molecule has 0 aliphatic heterocycles. The summed E-state index contributed by atoms with van der Waals surface area (Å²) in [5, 5.41) is 11.0. The van der Waals surface area contributed by atoms with Gasteiger partial charge in [-0.1, -0.05) is 6.07 Å². The van der Waals surface area contributed by atoms with Crippen LogP contribution in [0.25, 0.3) is 0 Å². The first kappa shape index (κ1) is 12.8. The second-order valence-electron chi connectivity index (χ2n) is 4.81. The molecule has 5 nitrogen and oxygen atoms in total. The Morgan fingerprint density at radius 2 is 2.28 bits per heavy atom. The lowest BCUT2D eigenvalue weighted by Gasteiger charge is -2.19. The lowest BCUT2D eigenvalue weighted by atomic mass is 10.1. The smallest absolute Gasteiger partial charge is 0.310 e. The van der Waals surface area contributed by atoms with E-state index in [1.807, 2.05) is 6.92 Å². The molecule has 2 N–H and O–H groups in total. The fourth-order valence-corrected chi connectivity index (χ4v) is 2.46. The van der Waals surface area contributed by atoms with Gasteiger partial charge in [-0.25, -0.2) is 0 Å². The highest BCUT2D eigenvalue weighted by atomic mass is 16.6. The molecule has 1 aliphatic carbocycles. The van der Waals surface area contributed by atoms with Crippen molar-refractivity contribution < 1.29 is 9.66 Å². The summed E-state index contributed by atoms with van der Waals surface area (Å²) < 4.78 is 5.83. The third-order valence-corrected chi connectivity index (χ3v) is 3.48. The third-order valence-electron chi connectivity index (χ3n) is 3.48. The molecule has 0 saturated heterocycles. The van der Waals surface area contributed by atoms with Gasteiger partial charge in [0, 0.05) is 12.0 Å². The van der Waals surface area contributed by atoms with Gasteiger partial charge in [-0.05, 0) is 44.4 Å². The number of nitro benzene ring substituents is 1. The van der Waals surface area contributed by atoms with E-state index in [1.165, 1.54) is 6.07 Å². The van der Waals surface area contributed by atoms with Crippen LogP contribution in [0, 0.1) is 23.0 Å². The van der Waals surface area contributed by atoms with Crippen molar-refractivity contribution in [3.8, 4) is 5.75 Å². The molecule has 0 aromatic heterocycles. The van der Waals surface area contributed by atoms with Gasteiger partial charge < -0.3 is 10.5 Å². The summed E-state index contributed by atoms with van der Waals surface area (Å²) in [5.41, 5.74) is 6.68. The van der Waals surface area contributed by atoms with E-state index in [9.17, 15) is 10.1 Å². The van der Waals surface area contributed by atoms with Crippen LogP contribution in [0.1, 0.15) is 24.8 Å². The first-order valence-electron chi connectivity index (χ1n) is 6.23. The summed E-state index contributed by atoms with van der Waals surface area (Å²) in [6.45, 7) is 2.47. The highest BCUT2D eigenvalue weighted by molar-refractivity contribution is 5.48. The summed E-state index contributed by atoms with van der Waals surface area (Å²) in [7, 11) is 0. The van der Waals surface area contributed by atoms with E-state index in [0.717, 1.165) is 24.8 Å². The van der Waals surface area contributed by atoms with Crippen LogP contribution in [0.3, 0.4) is 0 Å². The zero-order chi connectivity index (χ0) is 13.1. The lowest BCUT2D eigenvalue weighted by Crippen LogP contribution is -2.27. The summed E-state index contributed by atoms with van der Waals surface area (Å²) in [6.07, 6.45) is 3.05. The van der Waals surface area contributed by atoms with Crippen LogP contribution >= 0.6 is 0 Å². The van der Waals surface area contributed by atoms with E-state index in [-0.39, 0.29) is 11.8 Å². The van der Waals surface area contributed by atoms with Gasteiger partial charge in [-0.2, -0.15) is 0 Å². The molecule has 5 heteroatoms. The van der Waals surface area contributed by atoms with Crippen LogP contribution < -0.4 is 10.5 Å². The van der Waals surface area contributed by atoms with Gasteiger partial charge in [-0.3, -0.25) is 10.1 Å². The molecule has 1 fully saturated rings. The molecule has 0 heterocycles. The number of aryl methyl sites for hydroxylation is 1. The van der Waals surface area contributed by atoms with Gasteiger partial charge in [0.05, 0.1) is 4.92 Å². The monoisotopic (exact) mass is 250 g/mol. The van der Waals surface area contributed by atoms with Crippen LogP contribution in [0.5, 0.6) is 5.75 Å². The zero-order valence-corrected chi connectivity index (χ0v) is 10.5. The summed E-state index contributed by atoms with van der Waals surface area (Å²) in [5.74, 6) is 0.676. The van der Waals surface area contributed by atoms with Crippen molar-refractivity contribution in [2.24, 2.45) is 11.7 Å². The second-order valence-corrected chi connectivity index (χ2v) is 4.81. The molecule has 1 saturated carbocycles. The maximum absolute atomic E-state index is 11.0. The molecule has 98 valence electrons. The molecule has 2 unspecified atom stereocenters. The number of hydrogen-bond donors (Lipinski definition) is 1. The number of nitrogens with two attached hydrogens (primary N) is 1. The third kappa shape index (κ3) is 2.61. The van der Waals surface area contributed by atoms with Crippen LogP contribution in [-0.4, -0.2) is 17.6 Å². The summed E-state index contributed by atoms with van der Waals surface area (Å²) in [4.78, 5) is 10.6. The molecule has 18 heavy (non-hydrogen) atoms. The second kappa shape index (κ2) is 5.35. The maximum Gasteiger partial charge on any atom is 0.310 e. The van der Waals surface area contributed by atoms with Crippen molar-refractivity contribution >= 4 is 5.69 Å². The van der Waals surface area contributed by atoms with Crippen molar-refractivity contribution in [1.29, 1.82) is 0 Å². The zero-order valence-electron chi connectivity index (χ0n) is 10.5. The Kier molecular flexibility index (Phi) is 3.81. The number of rotatable bonds is 4. The van der Waals surface area contributed by atoms with Crippen LogP contribution in [0.15, 0.2) is 18.2 Å². The van der Waals surface area contributed by atoms with E-state index in [0.29, 0.717) is 18.2 Å². The van der Waals surface area contributed by atoms with Crippen molar-refractivity contribution in [2.45, 2.75) is 32.3 Å². The molecule has 1 aromatic rings. The average Bonchev–Trinajstić information content (AvgIpc) is 2.76. The Hall–Kier alpha value is -1.62. The minimum Gasteiger partial charge on any atom is -0.483 e. The van der Waals surface area contributed by atoms with Gasteiger partial charge in [-0.15, -0.1) is 0 Å². The highest BCUT2D eigenvalue weighted by Crippen LogP contribution is 2.34. The van der Waals surface area contributed by atoms with Gasteiger partial charge >= 0.3 is 5.69 Å². The summed E-state index contributed by atoms with van der Waals surface area (Å²) in [6, 6.07) is 4.95. The van der Waals surface area contributed by atoms with E-state index >= 15 is 0 Å². The quantitative estimate of drug-likeness (QED) is 0.657. The molecule has 2 atom stereocenters. The largest absolute Gasteiger partial charge is 0.483 e. The standard InChI is InChI=1S/C13H18N2O3/c1-9-5-6-11(15(16)17)13(7-9)18-12-4-2-3-10(12)8-14/h5-7,10,12H,2-4,8,14H2,1H3. The van der Waals surface area contributed by atoms with Crippen molar-refractivity contribution in [3.63, 3.8) is 0 Å². The number of nitro groups is 1. The van der Waals surface area contributed by atoms with E-state index < -0.39 is 4.92 Å². The van der Waals surface area contributed by atoms with Crippen LogP contribution in [0.2, 0.25) is 0 Å². The average molecular weight is 250 g/mol. The Balaban J connectivity index is 2.22. The van der Waals surface area contributed by atoms with E-state index in [1.54, 1.807) is 12.1 Å². The topological polar surface area (TPSA) is 78.4 Å². The van der Waals surface area contributed by atoms with Gasteiger partial charge in [0.25, 0.3) is 0 Å².